The molecule has 1 aromatic carbocycles. The van der Waals surface area contributed by atoms with Crippen LogP contribution in [-0.2, 0) is 9.59 Å². The third kappa shape index (κ3) is 4.81. The minimum Gasteiger partial charge on any atom is -0.345 e. The normalized spacial score (nSPS) is 21.5. The van der Waals surface area contributed by atoms with Gasteiger partial charge in [-0.1, -0.05) is 45.4 Å². The smallest absolute Gasteiger partial charge is 0.313 e. The summed E-state index contributed by atoms with van der Waals surface area (Å²) in [5.74, 6) is -0.418. The van der Waals surface area contributed by atoms with Crippen LogP contribution in [0.25, 0.3) is 0 Å². The van der Waals surface area contributed by atoms with E-state index in [0.717, 1.165) is 25.7 Å². The molecule has 126 valence electrons. The standard InChI is InChI=1S/C19H28N2O2/c1-4-19(2,3)14-10-12-16(13-11-14)21-18(23)17(22)20-15-8-6-5-7-9-15/h5-9,14,16H,4,10-13H2,1-3H3,(H,20,22)(H,21,23). The predicted octanol–water partition coefficient (Wildman–Crippen LogP) is 3.74. The second kappa shape index (κ2) is 7.62. The van der Waals surface area contributed by atoms with E-state index in [1.54, 1.807) is 12.1 Å². The average Bonchev–Trinajstić information content (AvgIpc) is 2.56. The van der Waals surface area contributed by atoms with Gasteiger partial charge in [0.15, 0.2) is 0 Å². The molecule has 1 aliphatic carbocycles. The van der Waals surface area contributed by atoms with Crippen LogP contribution < -0.4 is 10.6 Å². The molecule has 0 atom stereocenters. The molecule has 1 aromatic rings. The maximum atomic E-state index is 12.0. The molecule has 0 heterocycles. The third-order valence-electron chi connectivity index (χ3n) is 5.32. The van der Waals surface area contributed by atoms with Gasteiger partial charge in [0.1, 0.15) is 0 Å². The van der Waals surface area contributed by atoms with Crippen LogP contribution in [0.5, 0.6) is 0 Å². The highest BCUT2D eigenvalue weighted by molar-refractivity contribution is 6.39. The van der Waals surface area contributed by atoms with Gasteiger partial charge >= 0.3 is 11.8 Å². The molecule has 1 aliphatic rings. The minimum absolute atomic E-state index is 0.118. The number of carbonyl (C=O) groups is 2. The first kappa shape index (κ1) is 17.5. The summed E-state index contributed by atoms with van der Waals surface area (Å²) in [5.41, 5.74) is 1.00. The highest BCUT2D eigenvalue weighted by Crippen LogP contribution is 2.40. The molecule has 0 unspecified atom stereocenters. The molecule has 4 nitrogen and oxygen atoms in total. The van der Waals surface area contributed by atoms with Crippen LogP contribution in [0, 0.1) is 11.3 Å². The number of hydrogen-bond acceptors (Lipinski definition) is 2. The van der Waals surface area contributed by atoms with Crippen LogP contribution in [0.2, 0.25) is 0 Å². The first-order valence-corrected chi connectivity index (χ1v) is 8.59. The number of hydrogen-bond donors (Lipinski definition) is 2. The van der Waals surface area contributed by atoms with Gasteiger partial charge in [0.25, 0.3) is 0 Å². The van der Waals surface area contributed by atoms with Crippen molar-refractivity contribution in [2.75, 3.05) is 5.32 Å². The van der Waals surface area contributed by atoms with Gasteiger partial charge in [-0.25, -0.2) is 0 Å². The topological polar surface area (TPSA) is 58.2 Å². The summed E-state index contributed by atoms with van der Waals surface area (Å²) in [6.45, 7) is 6.88. The van der Waals surface area contributed by atoms with Crippen LogP contribution >= 0.6 is 0 Å². The van der Waals surface area contributed by atoms with Gasteiger partial charge in [0, 0.05) is 11.7 Å². The Balaban J connectivity index is 1.79. The lowest BCUT2D eigenvalue weighted by Gasteiger charge is -2.39. The molecule has 23 heavy (non-hydrogen) atoms. The highest BCUT2D eigenvalue weighted by Gasteiger charge is 2.32. The Labute approximate surface area is 139 Å². The number of carbonyl (C=O) groups excluding carboxylic acids is 2. The van der Waals surface area contributed by atoms with E-state index in [1.165, 1.54) is 6.42 Å². The summed E-state index contributed by atoms with van der Waals surface area (Å²) >= 11 is 0. The molecule has 0 radical (unpaired) electrons. The molecule has 0 aromatic heterocycles. The Morgan fingerprint density at radius 2 is 1.65 bits per heavy atom. The van der Waals surface area contributed by atoms with Crippen LogP contribution in [0.1, 0.15) is 52.9 Å². The number of anilines is 1. The van der Waals surface area contributed by atoms with E-state index in [0.29, 0.717) is 17.0 Å². The number of amides is 2. The summed E-state index contributed by atoms with van der Waals surface area (Å²) in [5, 5.41) is 5.50. The molecule has 0 saturated heterocycles. The van der Waals surface area contributed by atoms with Crippen molar-refractivity contribution in [3.63, 3.8) is 0 Å². The maximum absolute atomic E-state index is 12.0. The van der Waals surface area contributed by atoms with E-state index in [1.807, 2.05) is 18.2 Å². The molecule has 2 N–H and O–H groups in total. The summed E-state index contributed by atoms with van der Waals surface area (Å²) in [6, 6.07) is 9.17. The fourth-order valence-corrected chi connectivity index (χ4v) is 3.27. The summed E-state index contributed by atoms with van der Waals surface area (Å²) in [4.78, 5) is 24.0. The largest absolute Gasteiger partial charge is 0.345 e. The van der Waals surface area contributed by atoms with Crippen LogP contribution in [0.4, 0.5) is 5.69 Å². The lowest BCUT2D eigenvalue weighted by atomic mass is 9.69. The zero-order valence-electron chi connectivity index (χ0n) is 14.4. The Bertz CT molecular complexity index is 532. The van der Waals surface area contributed by atoms with Gasteiger partial charge in [0.2, 0.25) is 0 Å². The van der Waals surface area contributed by atoms with Crippen molar-refractivity contribution in [2.24, 2.45) is 11.3 Å². The van der Waals surface area contributed by atoms with E-state index in [4.69, 9.17) is 0 Å². The van der Waals surface area contributed by atoms with Crippen molar-refractivity contribution >= 4 is 17.5 Å². The van der Waals surface area contributed by atoms with E-state index >= 15 is 0 Å². The fraction of sp³-hybridized carbons (Fsp3) is 0.579. The SMILES string of the molecule is CCC(C)(C)C1CCC(NC(=O)C(=O)Nc2ccccc2)CC1. The summed E-state index contributed by atoms with van der Waals surface area (Å²) < 4.78 is 0. The molecular formula is C19H28N2O2. The third-order valence-corrected chi connectivity index (χ3v) is 5.32. The summed E-state index contributed by atoms with van der Waals surface area (Å²) in [6.07, 6.45) is 5.32. The number of rotatable bonds is 4. The van der Waals surface area contributed by atoms with E-state index in [-0.39, 0.29) is 6.04 Å². The Kier molecular flexibility index (Phi) is 5.80. The summed E-state index contributed by atoms with van der Waals surface area (Å²) in [7, 11) is 0. The van der Waals surface area contributed by atoms with Crippen LogP contribution in [0.3, 0.4) is 0 Å². The zero-order valence-corrected chi connectivity index (χ0v) is 14.4. The van der Waals surface area contributed by atoms with E-state index < -0.39 is 11.8 Å². The molecule has 4 heteroatoms. The Morgan fingerprint density at radius 1 is 1.04 bits per heavy atom. The number of nitrogens with one attached hydrogen (secondary N) is 2. The van der Waals surface area contributed by atoms with Crippen LogP contribution in [0.15, 0.2) is 30.3 Å². The molecule has 2 amide bonds. The lowest BCUT2D eigenvalue weighted by Crippen LogP contribution is -2.44. The van der Waals surface area contributed by atoms with Gasteiger partial charge in [-0.3, -0.25) is 9.59 Å². The van der Waals surface area contributed by atoms with Gasteiger partial charge < -0.3 is 10.6 Å². The molecule has 1 fully saturated rings. The molecule has 0 spiro atoms. The van der Waals surface area contributed by atoms with Crippen molar-refractivity contribution in [1.82, 2.24) is 5.32 Å². The van der Waals surface area contributed by atoms with Crippen molar-refractivity contribution in [1.29, 1.82) is 0 Å². The van der Waals surface area contributed by atoms with Crippen molar-refractivity contribution in [2.45, 2.75) is 58.9 Å². The van der Waals surface area contributed by atoms with Crippen LogP contribution in [-0.4, -0.2) is 17.9 Å². The predicted molar refractivity (Wildman–Crippen MR) is 93.0 cm³/mol. The van der Waals surface area contributed by atoms with Crippen molar-refractivity contribution in [3.05, 3.63) is 30.3 Å². The van der Waals surface area contributed by atoms with E-state index in [2.05, 4.69) is 31.4 Å². The lowest BCUT2D eigenvalue weighted by molar-refractivity contribution is -0.136. The molecular weight excluding hydrogens is 288 g/mol. The quantitative estimate of drug-likeness (QED) is 0.831. The average molecular weight is 316 g/mol. The molecule has 2 rings (SSSR count). The first-order valence-electron chi connectivity index (χ1n) is 8.59. The van der Waals surface area contributed by atoms with Gasteiger partial charge in [-0.05, 0) is 49.1 Å². The zero-order chi connectivity index (χ0) is 16.9. The number of benzene rings is 1. The van der Waals surface area contributed by atoms with Crippen molar-refractivity contribution in [3.8, 4) is 0 Å². The molecule has 0 bridgehead atoms. The Morgan fingerprint density at radius 3 is 2.22 bits per heavy atom. The first-order chi connectivity index (χ1) is 10.9. The number of para-hydroxylation sites is 1. The second-order valence-electron chi connectivity index (χ2n) is 7.18. The van der Waals surface area contributed by atoms with E-state index in [9.17, 15) is 9.59 Å². The highest BCUT2D eigenvalue weighted by atomic mass is 16.2. The maximum Gasteiger partial charge on any atom is 0.313 e. The fourth-order valence-electron chi connectivity index (χ4n) is 3.27. The molecule has 0 aliphatic heterocycles. The minimum atomic E-state index is -0.591. The molecule has 1 saturated carbocycles. The van der Waals surface area contributed by atoms with Gasteiger partial charge in [-0.15, -0.1) is 0 Å². The monoisotopic (exact) mass is 316 g/mol. The Hall–Kier alpha value is -1.84. The second-order valence-corrected chi connectivity index (χ2v) is 7.18. The van der Waals surface area contributed by atoms with Crippen molar-refractivity contribution < 1.29 is 9.59 Å². The van der Waals surface area contributed by atoms with Gasteiger partial charge in [0.05, 0.1) is 0 Å². The van der Waals surface area contributed by atoms with Gasteiger partial charge in [-0.2, -0.15) is 0 Å².